The Balaban J connectivity index is 1.75. The normalized spacial score (nSPS) is 14.8. The molecule has 0 bridgehead atoms. The predicted molar refractivity (Wildman–Crippen MR) is 80.8 cm³/mol. The molecule has 1 aromatic heterocycles. The van der Waals surface area contributed by atoms with Crippen LogP contribution in [0.4, 0.5) is 0 Å². The van der Waals surface area contributed by atoms with E-state index in [0.29, 0.717) is 17.5 Å². The number of carbonyl (C=O) groups excluding carboxylic acids is 1. The third-order valence-corrected chi connectivity index (χ3v) is 3.81. The minimum atomic E-state index is 0.0252. The molecular formula is C14H20N4OS. The zero-order valence-electron chi connectivity index (χ0n) is 11.9. The Hall–Kier alpha value is -1.40. The summed E-state index contributed by atoms with van der Waals surface area (Å²) in [6.07, 6.45) is 3.15. The first-order valence-corrected chi connectivity index (χ1v) is 7.72. The van der Waals surface area contributed by atoms with Gasteiger partial charge in [-0.05, 0) is 32.9 Å². The van der Waals surface area contributed by atoms with Crippen LogP contribution in [0.15, 0.2) is 22.9 Å². The van der Waals surface area contributed by atoms with Crippen LogP contribution < -0.4 is 10.6 Å². The molecule has 1 amide bonds. The van der Waals surface area contributed by atoms with Gasteiger partial charge in [0.1, 0.15) is 0 Å². The monoisotopic (exact) mass is 292 g/mol. The molecule has 0 aliphatic carbocycles. The lowest BCUT2D eigenvalue weighted by molar-refractivity contribution is -0.118. The number of aryl methyl sites for hydroxylation is 2. The van der Waals surface area contributed by atoms with E-state index < -0.39 is 0 Å². The Morgan fingerprint density at radius 1 is 1.40 bits per heavy atom. The van der Waals surface area contributed by atoms with Gasteiger partial charge in [-0.15, -0.1) is 0 Å². The number of hydrogen-bond donors (Lipinski definition) is 2. The molecule has 0 unspecified atom stereocenters. The molecule has 2 N–H and O–H groups in total. The second-order valence-electron chi connectivity index (χ2n) is 4.82. The Morgan fingerprint density at radius 3 is 2.80 bits per heavy atom. The van der Waals surface area contributed by atoms with Crippen LogP contribution in [0.25, 0.3) is 0 Å². The zero-order valence-corrected chi connectivity index (χ0v) is 12.7. The van der Waals surface area contributed by atoms with Crippen LogP contribution in [0.1, 0.15) is 17.8 Å². The second kappa shape index (κ2) is 7.40. The number of aromatic nitrogens is 2. The van der Waals surface area contributed by atoms with E-state index in [1.807, 2.05) is 19.9 Å². The molecular weight excluding hydrogens is 272 g/mol. The molecule has 0 aromatic carbocycles. The van der Waals surface area contributed by atoms with Crippen LogP contribution in [0.5, 0.6) is 0 Å². The number of rotatable bonds is 5. The fraction of sp³-hybridized carbons (Fsp3) is 0.500. The highest BCUT2D eigenvalue weighted by molar-refractivity contribution is 7.99. The van der Waals surface area contributed by atoms with Crippen LogP contribution in [0.2, 0.25) is 0 Å². The standard InChI is InChI=1S/C14H20N4OS/c1-10-7-11(2)18-14(17-10)20-9-13(19)16-8-12-3-5-15-6-4-12/h3,7,15H,4-6,8-9H2,1-2H3,(H,16,19). The molecule has 2 heterocycles. The van der Waals surface area contributed by atoms with Crippen molar-refractivity contribution in [3.05, 3.63) is 29.1 Å². The summed E-state index contributed by atoms with van der Waals surface area (Å²) < 4.78 is 0. The van der Waals surface area contributed by atoms with Crippen LogP contribution >= 0.6 is 11.8 Å². The van der Waals surface area contributed by atoms with E-state index in [9.17, 15) is 4.79 Å². The minimum Gasteiger partial charge on any atom is -0.352 e. The summed E-state index contributed by atoms with van der Waals surface area (Å²) in [4.78, 5) is 20.4. The SMILES string of the molecule is Cc1cc(C)nc(SCC(=O)NCC2=CCNCC2)n1. The van der Waals surface area contributed by atoms with E-state index >= 15 is 0 Å². The molecule has 0 spiro atoms. The maximum atomic E-state index is 11.8. The molecule has 0 saturated heterocycles. The molecule has 1 aromatic rings. The molecule has 0 radical (unpaired) electrons. The summed E-state index contributed by atoms with van der Waals surface area (Å²) in [5.74, 6) is 0.381. The van der Waals surface area contributed by atoms with Crippen molar-refractivity contribution in [1.82, 2.24) is 20.6 Å². The van der Waals surface area contributed by atoms with Crippen molar-refractivity contribution < 1.29 is 4.79 Å². The Morgan fingerprint density at radius 2 is 2.15 bits per heavy atom. The number of carbonyl (C=O) groups is 1. The number of thioether (sulfide) groups is 1. The molecule has 0 atom stereocenters. The van der Waals surface area contributed by atoms with E-state index in [-0.39, 0.29) is 5.91 Å². The first kappa shape index (κ1) is 15.0. The Labute approximate surface area is 123 Å². The minimum absolute atomic E-state index is 0.0252. The van der Waals surface area contributed by atoms with Crippen molar-refractivity contribution >= 4 is 17.7 Å². The lowest BCUT2D eigenvalue weighted by Crippen LogP contribution is -2.30. The van der Waals surface area contributed by atoms with Gasteiger partial charge in [0, 0.05) is 24.5 Å². The average Bonchev–Trinajstić information content (AvgIpc) is 2.43. The summed E-state index contributed by atoms with van der Waals surface area (Å²) >= 11 is 1.38. The van der Waals surface area contributed by atoms with Gasteiger partial charge in [0.05, 0.1) is 5.75 Å². The first-order valence-electron chi connectivity index (χ1n) is 6.74. The van der Waals surface area contributed by atoms with E-state index in [1.165, 1.54) is 17.3 Å². The number of amides is 1. The summed E-state index contributed by atoms with van der Waals surface area (Å²) in [7, 11) is 0. The third-order valence-electron chi connectivity index (χ3n) is 2.96. The van der Waals surface area contributed by atoms with E-state index in [2.05, 4.69) is 26.7 Å². The molecule has 1 aliphatic rings. The highest BCUT2D eigenvalue weighted by Crippen LogP contribution is 2.13. The number of hydrogen-bond acceptors (Lipinski definition) is 5. The highest BCUT2D eigenvalue weighted by atomic mass is 32.2. The number of nitrogens with zero attached hydrogens (tertiary/aromatic N) is 2. The van der Waals surface area contributed by atoms with Crippen molar-refractivity contribution in [2.24, 2.45) is 0 Å². The summed E-state index contributed by atoms with van der Waals surface area (Å²) in [6, 6.07) is 1.92. The van der Waals surface area contributed by atoms with Crippen molar-refractivity contribution in [3.63, 3.8) is 0 Å². The van der Waals surface area contributed by atoms with Gasteiger partial charge in [-0.25, -0.2) is 9.97 Å². The highest BCUT2D eigenvalue weighted by Gasteiger charge is 2.08. The lowest BCUT2D eigenvalue weighted by atomic mass is 10.1. The quantitative estimate of drug-likeness (QED) is 0.485. The predicted octanol–water partition coefficient (Wildman–Crippen LogP) is 1.22. The van der Waals surface area contributed by atoms with Crippen molar-refractivity contribution in [2.45, 2.75) is 25.4 Å². The van der Waals surface area contributed by atoms with Crippen LogP contribution in [0.3, 0.4) is 0 Å². The van der Waals surface area contributed by atoms with Gasteiger partial charge in [0.2, 0.25) is 5.91 Å². The van der Waals surface area contributed by atoms with Crippen molar-refractivity contribution in [3.8, 4) is 0 Å². The Bertz CT molecular complexity index is 496. The summed E-state index contributed by atoms with van der Waals surface area (Å²) in [5, 5.41) is 6.86. The van der Waals surface area contributed by atoms with Gasteiger partial charge in [0.25, 0.3) is 0 Å². The second-order valence-corrected chi connectivity index (χ2v) is 5.76. The van der Waals surface area contributed by atoms with Gasteiger partial charge in [-0.1, -0.05) is 23.4 Å². The lowest BCUT2D eigenvalue weighted by Gasteiger charge is -2.14. The topological polar surface area (TPSA) is 66.9 Å². The third kappa shape index (κ3) is 4.94. The molecule has 5 nitrogen and oxygen atoms in total. The van der Waals surface area contributed by atoms with Crippen molar-refractivity contribution in [2.75, 3.05) is 25.4 Å². The van der Waals surface area contributed by atoms with Gasteiger partial charge in [-0.2, -0.15) is 0 Å². The van der Waals surface area contributed by atoms with E-state index in [0.717, 1.165) is 30.9 Å². The van der Waals surface area contributed by atoms with Gasteiger partial charge in [-0.3, -0.25) is 4.79 Å². The zero-order chi connectivity index (χ0) is 14.4. The van der Waals surface area contributed by atoms with Gasteiger partial charge < -0.3 is 10.6 Å². The Kier molecular flexibility index (Phi) is 5.55. The smallest absolute Gasteiger partial charge is 0.230 e. The summed E-state index contributed by atoms with van der Waals surface area (Å²) in [5.41, 5.74) is 3.16. The molecule has 6 heteroatoms. The fourth-order valence-electron chi connectivity index (χ4n) is 1.98. The first-order chi connectivity index (χ1) is 9.63. The molecule has 20 heavy (non-hydrogen) atoms. The molecule has 2 rings (SSSR count). The largest absolute Gasteiger partial charge is 0.352 e. The van der Waals surface area contributed by atoms with Crippen LogP contribution in [-0.4, -0.2) is 41.3 Å². The van der Waals surface area contributed by atoms with Gasteiger partial charge >= 0.3 is 0 Å². The molecule has 0 fully saturated rings. The van der Waals surface area contributed by atoms with Gasteiger partial charge in [0.15, 0.2) is 5.16 Å². The molecule has 0 saturated carbocycles. The summed E-state index contributed by atoms with van der Waals surface area (Å²) in [6.45, 7) is 6.41. The van der Waals surface area contributed by atoms with Crippen LogP contribution in [-0.2, 0) is 4.79 Å². The van der Waals surface area contributed by atoms with E-state index in [4.69, 9.17) is 0 Å². The fourth-order valence-corrected chi connectivity index (χ4v) is 2.76. The average molecular weight is 292 g/mol. The van der Waals surface area contributed by atoms with Crippen LogP contribution in [0, 0.1) is 13.8 Å². The number of nitrogens with one attached hydrogen (secondary N) is 2. The maximum absolute atomic E-state index is 11.8. The molecule has 108 valence electrons. The maximum Gasteiger partial charge on any atom is 0.230 e. The molecule has 1 aliphatic heterocycles. The van der Waals surface area contributed by atoms with Crippen molar-refractivity contribution in [1.29, 1.82) is 0 Å². The van der Waals surface area contributed by atoms with E-state index in [1.54, 1.807) is 0 Å².